The molecular formula is C13H22N2O. The number of nitrogens with two attached hydrogens (primary N) is 1. The molecule has 0 aromatic heterocycles. The van der Waals surface area contributed by atoms with Crippen molar-refractivity contribution < 1.29 is 5.11 Å². The van der Waals surface area contributed by atoms with E-state index < -0.39 is 0 Å². The normalized spacial score (nSPS) is 10.5. The van der Waals surface area contributed by atoms with Crippen molar-refractivity contribution in [3.63, 3.8) is 0 Å². The van der Waals surface area contributed by atoms with Crippen molar-refractivity contribution in [1.82, 2.24) is 0 Å². The standard InChI is InChI=1S/C13H22N2O/c1-3-7-15(8-9-16)13-11(2)5-4-6-12(13)10-14/h4-6,16H,3,7-10,14H2,1-2H3. The Hall–Kier alpha value is -1.06. The van der Waals surface area contributed by atoms with Gasteiger partial charge in [0.05, 0.1) is 6.61 Å². The third-order valence-corrected chi connectivity index (χ3v) is 2.72. The summed E-state index contributed by atoms with van der Waals surface area (Å²) in [6.07, 6.45) is 1.07. The van der Waals surface area contributed by atoms with Crippen LogP contribution in [0.1, 0.15) is 24.5 Å². The van der Waals surface area contributed by atoms with E-state index in [9.17, 15) is 0 Å². The summed E-state index contributed by atoms with van der Waals surface area (Å²) >= 11 is 0. The van der Waals surface area contributed by atoms with Crippen LogP contribution in [0, 0.1) is 6.92 Å². The van der Waals surface area contributed by atoms with Crippen LogP contribution in [0.4, 0.5) is 5.69 Å². The van der Waals surface area contributed by atoms with Crippen LogP contribution >= 0.6 is 0 Å². The number of hydrogen-bond donors (Lipinski definition) is 2. The Bertz CT molecular complexity index is 320. The minimum Gasteiger partial charge on any atom is -0.395 e. The Morgan fingerprint density at radius 3 is 2.62 bits per heavy atom. The van der Waals surface area contributed by atoms with Crippen LogP contribution in [0.25, 0.3) is 0 Å². The van der Waals surface area contributed by atoms with E-state index in [1.54, 1.807) is 0 Å². The Balaban J connectivity index is 3.05. The molecule has 0 aliphatic rings. The Labute approximate surface area is 97.9 Å². The van der Waals surface area contributed by atoms with Gasteiger partial charge in [-0.2, -0.15) is 0 Å². The fourth-order valence-corrected chi connectivity index (χ4v) is 2.06. The third kappa shape index (κ3) is 2.97. The molecule has 3 heteroatoms. The Morgan fingerprint density at radius 2 is 2.06 bits per heavy atom. The summed E-state index contributed by atoms with van der Waals surface area (Å²) in [5.41, 5.74) is 9.34. The molecule has 0 amide bonds. The second-order valence-electron chi connectivity index (χ2n) is 4.00. The van der Waals surface area contributed by atoms with Crippen LogP contribution in [-0.2, 0) is 6.54 Å². The highest BCUT2D eigenvalue weighted by Gasteiger charge is 2.11. The average Bonchev–Trinajstić information content (AvgIpc) is 2.28. The highest BCUT2D eigenvalue weighted by atomic mass is 16.3. The summed E-state index contributed by atoms with van der Waals surface area (Å²) in [5.74, 6) is 0. The lowest BCUT2D eigenvalue weighted by Gasteiger charge is -2.27. The van der Waals surface area contributed by atoms with Crippen LogP contribution in [0.5, 0.6) is 0 Å². The molecule has 0 aliphatic heterocycles. The fraction of sp³-hybridized carbons (Fsp3) is 0.538. The number of rotatable bonds is 6. The van der Waals surface area contributed by atoms with Crippen LogP contribution in [0.3, 0.4) is 0 Å². The van der Waals surface area contributed by atoms with Gasteiger partial charge in [0.2, 0.25) is 0 Å². The van der Waals surface area contributed by atoms with Gasteiger partial charge in [0.15, 0.2) is 0 Å². The van der Waals surface area contributed by atoms with Gasteiger partial charge in [0.1, 0.15) is 0 Å². The maximum absolute atomic E-state index is 9.11. The second kappa shape index (κ2) is 6.51. The third-order valence-electron chi connectivity index (χ3n) is 2.72. The number of nitrogens with zero attached hydrogens (tertiary/aromatic N) is 1. The molecule has 1 aromatic carbocycles. The summed E-state index contributed by atoms with van der Waals surface area (Å²) in [6.45, 7) is 6.59. The fourth-order valence-electron chi connectivity index (χ4n) is 2.06. The van der Waals surface area contributed by atoms with Gasteiger partial charge in [-0.05, 0) is 24.5 Å². The molecule has 0 bridgehead atoms. The number of para-hydroxylation sites is 1. The molecule has 3 N–H and O–H groups in total. The molecule has 0 saturated heterocycles. The van der Waals surface area contributed by atoms with Crippen LogP contribution in [0.2, 0.25) is 0 Å². The van der Waals surface area contributed by atoms with E-state index in [1.165, 1.54) is 11.3 Å². The predicted molar refractivity (Wildman–Crippen MR) is 68.7 cm³/mol. The van der Waals surface area contributed by atoms with Gasteiger partial charge in [-0.3, -0.25) is 0 Å². The molecule has 0 radical (unpaired) electrons. The maximum atomic E-state index is 9.11. The smallest absolute Gasteiger partial charge is 0.0606 e. The molecular weight excluding hydrogens is 200 g/mol. The van der Waals surface area contributed by atoms with Gasteiger partial charge < -0.3 is 15.7 Å². The zero-order chi connectivity index (χ0) is 12.0. The summed E-state index contributed by atoms with van der Waals surface area (Å²) in [4.78, 5) is 2.22. The van der Waals surface area contributed by atoms with E-state index in [4.69, 9.17) is 10.8 Å². The summed E-state index contributed by atoms with van der Waals surface area (Å²) in [5, 5.41) is 9.11. The number of aryl methyl sites for hydroxylation is 1. The number of benzene rings is 1. The van der Waals surface area contributed by atoms with Gasteiger partial charge >= 0.3 is 0 Å². The van der Waals surface area contributed by atoms with E-state index in [2.05, 4.69) is 30.9 Å². The monoisotopic (exact) mass is 222 g/mol. The van der Waals surface area contributed by atoms with Crippen molar-refractivity contribution in [2.45, 2.75) is 26.8 Å². The number of hydrogen-bond acceptors (Lipinski definition) is 3. The predicted octanol–water partition coefficient (Wildman–Crippen LogP) is 1.66. The van der Waals surface area contributed by atoms with Gasteiger partial charge in [-0.1, -0.05) is 25.1 Å². The molecule has 0 heterocycles. The average molecular weight is 222 g/mol. The number of aliphatic hydroxyl groups is 1. The first-order valence-corrected chi connectivity index (χ1v) is 5.89. The van der Waals surface area contributed by atoms with Crippen LogP contribution in [0.15, 0.2) is 18.2 Å². The van der Waals surface area contributed by atoms with Crippen molar-refractivity contribution in [1.29, 1.82) is 0 Å². The minimum absolute atomic E-state index is 0.179. The highest BCUT2D eigenvalue weighted by molar-refractivity contribution is 5.59. The minimum atomic E-state index is 0.179. The van der Waals surface area contributed by atoms with E-state index in [1.807, 2.05) is 6.07 Å². The van der Waals surface area contributed by atoms with Gasteiger partial charge in [0, 0.05) is 25.3 Å². The lowest BCUT2D eigenvalue weighted by molar-refractivity contribution is 0.301. The Kier molecular flexibility index (Phi) is 5.29. The topological polar surface area (TPSA) is 49.5 Å². The number of aliphatic hydroxyl groups excluding tert-OH is 1. The lowest BCUT2D eigenvalue weighted by atomic mass is 10.1. The Morgan fingerprint density at radius 1 is 1.31 bits per heavy atom. The van der Waals surface area contributed by atoms with Gasteiger partial charge in [-0.25, -0.2) is 0 Å². The molecule has 0 aliphatic carbocycles. The zero-order valence-electron chi connectivity index (χ0n) is 10.2. The van der Waals surface area contributed by atoms with E-state index >= 15 is 0 Å². The molecule has 1 aromatic rings. The van der Waals surface area contributed by atoms with Crippen LogP contribution in [-0.4, -0.2) is 24.8 Å². The van der Waals surface area contributed by atoms with Crippen molar-refractivity contribution in [2.24, 2.45) is 5.73 Å². The first kappa shape index (κ1) is 13.0. The summed E-state index contributed by atoms with van der Waals surface area (Å²) in [6, 6.07) is 6.18. The SMILES string of the molecule is CCCN(CCO)c1c(C)cccc1CN. The molecule has 0 spiro atoms. The molecule has 1 rings (SSSR count). The lowest BCUT2D eigenvalue weighted by Crippen LogP contribution is -2.29. The van der Waals surface area contributed by atoms with Crippen molar-refractivity contribution >= 4 is 5.69 Å². The molecule has 3 nitrogen and oxygen atoms in total. The quantitative estimate of drug-likeness (QED) is 0.769. The molecule has 0 atom stereocenters. The largest absolute Gasteiger partial charge is 0.395 e. The van der Waals surface area contributed by atoms with Gasteiger partial charge in [0.25, 0.3) is 0 Å². The van der Waals surface area contributed by atoms with Crippen molar-refractivity contribution in [3.05, 3.63) is 29.3 Å². The molecule has 0 fully saturated rings. The molecule has 0 saturated carbocycles. The van der Waals surface area contributed by atoms with Crippen molar-refractivity contribution in [2.75, 3.05) is 24.6 Å². The second-order valence-corrected chi connectivity index (χ2v) is 4.00. The summed E-state index contributed by atoms with van der Waals surface area (Å²) in [7, 11) is 0. The maximum Gasteiger partial charge on any atom is 0.0606 e. The first-order valence-electron chi connectivity index (χ1n) is 5.89. The molecule has 90 valence electrons. The molecule has 16 heavy (non-hydrogen) atoms. The summed E-state index contributed by atoms with van der Waals surface area (Å²) < 4.78 is 0. The first-order chi connectivity index (χ1) is 7.74. The van der Waals surface area contributed by atoms with E-state index in [0.717, 1.165) is 18.5 Å². The van der Waals surface area contributed by atoms with Crippen LogP contribution < -0.4 is 10.6 Å². The van der Waals surface area contributed by atoms with Crippen molar-refractivity contribution in [3.8, 4) is 0 Å². The highest BCUT2D eigenvalue weighted by Crippen LogP contribution is 2.24. The zero-order valence-corrected chi connectivity index (χ0v) is 10.2. The van der Waals surface area contributed by atoms with E-state index in [0.29, 0.717) is 13.1 Å². The van der Waals surface area contributed by atoms with Gasteiger partial charge in [-0.15, -0.1) is 0 Å². The molecule has 0 unspecified atom stereocenters. The number of anilines is 1. The van der Waals surface area contributed by atoms with E-state index in [-0.39, 0.29) is 6.61 Å².